The van der Waals surface area contributed by atoms with Gasteiger partial charge in [0.15, 0.2) is 0 Å². The summed E-state index contributed by atoms with van der Waals surface area (Å²) in [5.41, 5.74) is 2.54. The summed E-state index contributed by atoms with van der Waals surface area (Å²) in [6, 6.07) is 0. The molecule has 0 radical (unpaired) electrons. The van der Waals surface area contributed by atoms with Crippen LogP contribution in [0.1, 0.15) is 19.8 Å². The fourth-order valence-electron chi connectivity index (χ4n) is 2.55. The van der Waals surface area contributed by atoms with Crippen LogP contribution in [-0.4, -0.2) is 0 Å². The van der Waals surface area contributed by atoms with E-state index in [1.54, 1.807) is 5.57 Å². The second kappa shape index (κ2) is 0.706. The van der Waals surface area contributed by atoms with Crippen LogP contribution in [0.4, 0.5) is 0 Å². The molecular weight excluding hydrogens is 96.1 g/mol. The Morgan fingerprint density at radius 2 is 2.50 bits per heavy atom. The van der Waals surface area contributed by atoms with Gasteiger partial charge in [-0.3, -0.25) is 0 Å². The van der Waals surface area contributed by atoms with Gasteiger partial charge in [-0.15, -0.1) is 0 Å². The highest BCUT2D eigenvalue weighted by Gasteiger charge is 2.65. The number of hydrogen-bond donors (Lipinski definition) is 0. The molecule has 8 heavy (non-hydrogen) atoms. The van der Waals surface area contributed by atoms with Crippen molar-refractivity contribution in [3.05, 3.63) is 11.6 Å². The van der Waals surface area contributed by atoms with Crippen LogP contribution < -0.4 is 0 Å². The van der Waals surface area contributed by atoms with Crippen LogP contribution in [0.25, 0.3) is 0 Å². The summed E-state index contributed by atoms with van der Waals surface area (Å²) < 4.78 is 0. The van der Waals surface area contributed by atoms with Gasteiger partial charge < -0.3 is 0 Å². The molecule has 3 unspecified atom stereocenters. The Morgan fingerprint density at radius 1 is 1.75 bits per heavy atom. The molecule has 0 aromatic rings. The fraction of sp³-hybridized carbons (Fsp3) is 0.750. The highest BCUT2D eigenvalue weighted by atomic mass is 14.7. The molecule has 0 heteroatoms. The predicted molar refractivity (Wildman–Crippen MR) is 32.4 cm³/mol. The summed E-state index contributed by atoms with van der Waals surface area (Å²) in [5.74, 6) is 2.15. The normalized spacial score (nSPS) is 63.9. The minimum Gasteiger partial charge on any atom is -0.0810 e. The minimum absolute atomic E-state index is 0.755. The zero-order chi connectivity index (χ0) is 5.35. The third kappa shape index (κ3) is 0.180. The molecule has 4 aliphatic rings. The zero-order valence-corrected chi connectivity index (χ0v) is 5.15. The molecule has 4 aliphatic carbocycles. The van der Waals surface area contributed by atoms with Gasteiger partial charge in [-0.25, -0.2) is 0 Å². The molecule has 0 N–H and O–H groups in total. The molecule has 42 valence electrons. The standard InChI is InChI=1S/C8H10/c1-8-4-7(8)5-2-6(8)3-5/h2,5,7H,3-4H2,1H3. The molecule has 0 aromatic heterocycles. The Hall–Kier alpha value is -0.260. The topological polar surface area (TPSA) is 0 Å². The fourth-order valence-corrected chi connectivity index (χ4v) is 2.55. The number of hydrogen-bond acceptors (Lipinski definition) is 0. The van der Waals surface area contributed by atoms with E-state index in [2.05, 4.69) is 13.0 Å². The van der Waals surface area contributed by atoms with Crippen molar-refractivity contribution in [3.63, 3.8) is 0 Å². The van der Waals surface area contributed by atoms with E-state index in [1.807, 2.05) is 0 Å². The van der Waals surface area contributed by atoms with Crippen LogP contribution in [0.2, 0.25) is 0 Å². The lowest BCUT2D eigenvalue weighted by atomic mass is 9.87. The Balaban J connectivity index is 2.22. The summed E-state index contributed by atoms with van der Waals surface area (Å²) in [6.07, 6.45) is 5.47. The first-order valence-corrected chi connectivity index (χ1v) is 3.52. The quantitative estimate of drug-likeness (QED) is 0.414. The van der Waals surface area contributed by atoms with Crippen molar-refractivity contribution in [2.75, 3.05) is 0 Å². The third-order valence-corrected chi connectivity index (χ3v) is 3.42. The van der Waals surface area contributed by atoms with Crippen LogP contribution in [0.3, 0.4) is 0 Å². The summed E-state index contributed by atoms with van der Waals surface area (Å²) in [6.45, 7) is 2.43. The van der Waals surface area contributed by atoms with E-state index < -0.39 is 0 Å². The van der Waals surface area contributed by atoms with Gasteiger partial charge in [-0.05, 0) is 30.1 Å². The molecule has 2 fully saturated rings. The van der Waals surface area contributed by atoms with Gasteiger partial charge in [-0.1, -0.05) is 18.6 Å². The number of rotatable bonds is 0. The molecule has 0 aromatic carbocycles. The van der Waals surface area contributed by atoms with E-state index in [9.17, 15) is 0 Å². The van der Waals surface area contributed by atoms with E-state index in [4.69, 9.17) is 0 Å². The average Bonchev–Trinajstić information content (AvgIpc) is 2.01. The largest absolute Gasteiger partial charge is 0.0810 e. The lowest BCUT2D eigenvalue weighted by Crippen LogP contribution is -2.04. The molecule has 2 saturated carbocycles. The lowest BCUT2D eigenvalue weighted by Gasteiger charge is -2.18. The predicted octanol–water partition coefficient (Wildman–Crippen LogP) is 1.97. The monoisotopic (exact) mass is 106 g/mol. The van der Waals surface area contributed by atoms with Gasteiger partial charge in [0, 0.05) is 0 Å². The van der Waals surface area contributed by atoms with Gasteiger partial charge in [-0.2, -0.15) is 0 Å². The van der Waals surface area contributed by atoms with Gasteiger partial charge in [0.05, 0.1) is 0 Å². The average molecular weight is 106 g/mol. The van der Waals surface area contributed by atoms with Gasteiger partial charge in [0.2, 0.25) is 0 Å². The van der Waals surface area contributed by atoms with Crippen molar-refractivity contribution in [1.29, 1.82) is 0 Å². The molecule has 0 amide bonds. The van der Waals surface area contributed by atoms with Crippen molar-refractivity contribution in [2.45, 2.75) is 19.8 Å². The van der Waals surface area contributed by atoms with Crippen LogP contribution >= 0.6 is 0 Å². The molecule has 0 spiro atoms. The SMILES string of the molecule is CC12CC1C1C=C2C1. The Morgan fingerprint density at radius 3 is 2.62 bits per heavy atom. The van der Waals surface area contributed by atoms with E-state index in [0.717, 1.165) is 17.3 Å². The zero-order valence-electron chi connectivity index (χ0n) is 5.15. The molecule has 0 aliphatic heterocycles. The molecule has 2 bridgehead atoms. The Kier molecular flexibility index (Phi) is 0.327. The van der Waals surface area contributed by atoms with Crippen molar-refractivity contribution in [2.24, 2.45) is 17.3 Å². The Bertz CT molecular complexity index is 190. The van der Waals surface area contributed by atoms with Gasteiger partial charge in [0.1, 0.15) is 0 Å². The number of allylic oxidation sites excluding steroid dienone is 2. The summed E-state index contributed by atoms with van der Waals surface area (Å²) in [4.78, 5) is 0. The smallest absolute Gasteiger partial charge is 0.00786 e. The van der Waals surface area contributed by atoms with Crippen LogP contribution in [0.15, 0.2) is 11.6 Å². The second-order valence-corrected chi connectivity index (χ2v) is 3.79. The van der Waals surface area contributed by atoms with E-state index in [1.165, 1.54) is 12.8 Å². The molecule has 3 atom stereocenters. The summed E-state index contributed by atoms with van der Waals surface area (Å²) in [7, 11) is 0. The minimum atomic E-state index is 0.755. The van der Waals surface area contributed by atoms with Crippen molar-refractivity contribution >= 4 is 0 Å². The first kappa shape index (κ1) is 3.71. The van der Waals surface area contributed by atoms with E-state index in [0.29, 0.717) is 0 Å². The van der Waals surface area contributed by atoms with Gasteiger partial charge in [0.25, 0.3) is 0 Å². The van der Waals surface area contributed by atoms with Crippen LogP contribution in [-0.2, 0) is 0 Å². The maximum absolute atomic E-state index is 2.49. The van der Waals surface area contributed by atoms with E-state index >= 15 is 0 Å². The first-order chi connectivity index (χ1) is 3.81. The van der Waals surface area contributed by atoms with Crippen molar-refractivity contribution < 1.29 is 0 Å². The lowest BCUT2D eigenvalue weighted by molar-refractivity contribution is 0.573. The molecule has 4 rings (SSSR count). The molecule has 0 saturated heterocycles. The van der Waals surface area contributed by atoms with Crippen LogP contribution in [0.5, 0.6) is 0 Å². The molecular formula is C8H10. The second-order valence-electron chi connectivity index (χ2n) is 3.79. The maximum Gasteiger partial charge on any atom is -0.00786 e. The molecule has 0 heterocycles. The molecule has 0 nitrogen and oxygen atoms in total. The maximum atomic E-state index is 2.49. The van der Waals surface area contributed by atoms with Crippen LogP contribution in [0, 0.1) is 17.3 Å². The highest BCUT2D eigenvalue weighted by Crippen LogP contribution is 2.74. The summed E-state index contributed by atoms with van der Waals surface area (Å²) in [5, 5.41) is 0. The van der Waals surface area contributed by atoms with Crippen molar-refractivity contribution in [3.8, 4) is 0 Å². The first-order valence-electron chi connectivity index (χ1n) is 3.52. The highest BCUT2D eigenvalue weighted by molar-refractivity contribution is 5.42. The summed E-state index contributed by atoms with van der Waals surface area (Å²) >= 11 is 0. The Labute approximate surface area is 49.6 Å². The van der Waals surface area contributed by atoms with Crippen molar-refractivity contribution in [1.82, 2.24) is 0 Å². The van der Waals surface area contributed by atoms with E-state index in [-0.39, 0.29) is 0 Å². The third-order valence-electron chi connectivity index (χ3n) is 3.42. The van der Waals surface area contributed by atoms with Gasteiger partial charge >= 0.3 is 0 Å².